The van der Waals surface area contributed by atoms with E-state index in [0.29, 0.717) is 17.1 Å². The lowest BCUT2D eigenvalue weighted by Gasteiger charge is -2.37. The third kappa shape index (κ3) is 2.64. The summed E-state index contributed by atoms with van der Waals surface area (Å²) in [5.74, 6) is 0.629. The molecule has 0 spiro atoms. The molecule has 94 valence electrons. The van der Waals surface area contributed by atoms with Gasteiger partial charge >= 0.3 is 0 Å². The molecule has 1 aliphatic rings. The number of nitrogens with zero attached hydrogens (tertiary/aromatic N) is 2. The van der Waals surface area contributed by atoms with E-state index in [1.165, 1.54) is 12.8 Å². The number of nitrogens with one attached hydrogen (secondary N) is 1. The summed E-state index contributed by atoms with van der Waals surface area (Å²) in [7, 11) is 3.60. The quantitative estimate of drug-likeness (QED) is 0.841. The van der Waals surface area contributed by atoms with Gasteiger partial charge in [0.1, 0.15) is 0 Å². The summed E-state index contributed by atoms with van der Waals surface area (Å²) in [6.07, 6.45) is 5.81. The molecule has 0 bridgehead atoms. The summed E-state index contributed by atoms with van der Waals surface area (Å²) in [5, 5.41) is 3.74. The molecule has 1 atom stereocenters. The highest BCUT2D eigenvalue weighted by Crippen LogP contribution is 2.29. The second-order valence-corrected chi connectivity index (χ2v) is 4.54. The van der Waals surface area contributed by atoms with E-state index in [4.69, 9.17) is 16.3 Å². The lowest BCUT2D eigenvalue weighted by Crippen LogP contribution is -2.47. The van der Waals surface area contributed by atoms with Gasteiger partial charge in [-0.25, -0.2) is 4.98 Å². The highest BCUT2D eigenvalue weighted by molar-refractivity contribution is 6.30. The van der Waals surface area contributed by atoms with E-state index in [1.807, 2.05) is 13.1 Å². The first-order valence-corrected chi connectivity index (χ1v) is 6.27. The summed E-state index contributed by atoms with van der Waals surface area (Å²) >= 11 is 5.94. The van der Waals surface area contributed by atoms with Gasteiger partial charge in [0.25, 0.3) is 0 Å². The summed E-state index contributed by atoms with van der Waals surface area (Å²) in [6.45, 7) is 1.04. The van der Waals surface area contributed by atoms with Crippen molar-refractivity contribution in [3.63, 3.8) is 0 Å². The van der Waals surface area contributed by atoms with Gasteiger partial charge in [0.15, 0.2) is 10.9 Å². The molecule has 0 aliphatic carbocycles. The molecule has 4 nitrogen and oxygen atoms in total. The lowest BCUT2D eigenvalue weighted by atomic mass is 10.1. The highest BCUT2D eigenvalue weighted by atomic mass is 35.5. The van der Waals surface area contributed by atoms with Gasteiger partial charge < -0.3 is 15.0 Å². The zero-order valence-corrected chi connectivity index (χ0v) is 11.0. The molecular weight excluding hydrogens is 238 g/mol. The Balaban J connectivity index is 2.25. The molecule has 0 amide bonds. The number of hydrogen-bond donors (Lipinski definition) is 1. The number of methoxy groups -OCH3 is 1. The van der Waals surface area contributed by atoms with E-state index in [0.717, 1.165) is 18.7 Å². The zero-order valence-electron chi connectivity index (χ0n) is 10.2. The Hall–Kier alpha value is -1.00. The van der Waals surface area contributed by atoms with Crippen LogP contribution in [0.25, 0.3) is 0 Å². The van der Waals surface area contributed by atoms with Crippen LogP contribution in [0.2, 0.25) is 5.15 Å². The Bertz CT molecular complexity index is 386. The van der Waals surface area contributed by atoms with Gasteiger partial charge in [-0.1, -0.05) is 11.6 Å². The maximum Gasteiger partial charge on any atom is 0.171 e. The van der Waals surface area contributed by atoms with Crippen LogP contribution in [0.3, 0.4) is 0 Å². The van der Waals surface area contributed by atoms with Crippen molar-refractivity contribution in [2.24, 2.45) is 0 Å². The third-order valence-corrected chi connectivity index (χ3v) is 3.46. The summed E-state index contributed by atoms with van der Waals surface area (Å²) in [6, 6.07) is 1.95. The van der Waals surface area contributed by atoms with Gasteiger partial charge in [-0.2, -0.15) is 0 Å². The Morgan fingerprint density at radius 2 is 2.35 bits per heavy atom. The van der Waals surface area contributed by atoms with Crippen molar-refractivity contribution in [1.82, 2.24) is 10.3 Å². The molecule has 2 rings (SSSR count). The molecule has 1 N–H and O–H groups in total. The minimum Gasteiger partial charge on any atom is -0.493 e. The van der Waals surface area contributed by atoms with Crippen LogP contribution in [0.5, 0.6) is 5.75 Å². The van der Waals surface area contributed by atoms with Gasteiger partial charge in [0, 0.05) is 12.6 Å². The number of rotatable bonds is 3. The monoisotopic (exact) mass is 255 g/mol. The molecule has 1 saturated heterocycles. The average Bonchev–Trinajstić information content (AvgIpc) is 2.39. The molecule has 5 heteroatoms. The first kappa shape index (κ1) is 12.5. The Morgan fingerprint density at radius 1 is 1.53 bits per heavy atom. The summed E-state index contributed by atoms with van der Waals surface area (Å²) in [5.41, 5.74) is 1.06. The zero-order chi connectivity index (χ0) is 12.3. The fraction of sp³-hybridized carbons (Fsp3) is 0.583. The number of ether oxygens (including phenoxy) is 1. The molecule has 1 aliphatic heterocycles. The second-order valence-electron chi connectivity index (χ2n) is 4.18. The van der Waals surface area contributed by atoms with Crippen LogP contribution in [0.4, 0.5) is 5.69 Å². The van der Waals surface area contributed by atoms with Crippen LogP contribution in [-0.2, 0) is 0 Å². The van der Waals surface area contributed by atoms with Crippen LogP contribution >= 0.6 is 11.6 Å². The molecule has 1 fully saturated rings. The largest absolute Gasteiger partial charge is 0.493 e. The molecule has 2 heterocycles. The van der Waals surface area contributed by atoms with Crippen molar-refractivity contribution in [1.29, 1.82) is 0 Å². The van der Waals surface area contributed by atoms with Gasteiger partial charge in [-0.3, -0.25) is 0 Å². The molecular formula is C12H18ClN3O. The number of anilines is 1. The fourth-order valence-electron chi connectivity index (χ4n) is 2.26. The van der Waals surface area contributed by atoms with Gasteiger partial charge in [-0.05, 0) is 26.3 Å². The molecule has 0 saturated carbocycles. The smallest absolute Gasteiger partial charge is 0.171 e. The Labute approximate surface area is 107 Å². The molecule has 0 radical (unpaired) electrons. The van der Waals surface area contributed by atoms with Crippen LogP contribution in [0.1, 0.15) is 19.3 Å². The SMILES string of the molecule is CNC1CCCCN1c1cnc(Cl)c(OC)c1. The van der Waals surface area contributed by atoms with E-state index in [2.05, 4.69) is 15.2 Å². The molecule has 1 unspecified atom stereocenters. The Kier molecular flexibility index (Phi) is 4.07. The van der Waals surface area contributed by atoms with Gasteiger partial charge in [-0.15, -0.1) is 0 Å². The predicted molar refractivity (Wildman–Crippen MR) is 69.8 cm³/mol. The molecule has 1 aromatic heterocycles. The molecule has 0 aromatic carbocycles. The fourth-order valence-corrected chi connectivity index (χ4v) is 2.44. The average molecular weight is 256 g/mol. The van der Waals surface area contributed by atoms with E-state index in [1.54, 1.807) is 13.3 Å². The van der Waals surface area contributed by atoms with Crippen molar-refractivity contribution < 1.29 is 4.74 Å². The van der Waals surface area contributed by atoms with Crippen molar-refractivity contribution in [2.75, 3.05) is 25.6 Å². The first-order valence-electron chi connectivity index (χ1n) is 5.89. The summed E-state index contributed by atoms with van der Waals surface area (Å²) < 4.78 is 5.20. The van der Waals surface area contributed by atoms with Gasteiger partial charge in [0.05, 0.1) is 25.2 Å². The molecule has 1 aromatic rings. The number of piperidine rings is 1. The highest BCUT2D eigenvalue weighted by Gasteiger charge is 2.22. The standard InChI is InChI=1S/C12H18ClN3O/c1-14-11-5-3-4-6-16(11)9-7-10(17-2)12(13)15-8-9/h7-8,11,14H,3-6H2,1-2H3. The van der Waals surface area contributed by atoms with Crippen LogP contribution in [0, 0.1) is 0 Å². The number of hydrogen-bond acceptors (Lipinski definition) is 4. The number of halogens is 1. The normalized spacial score (nSPS) is 20.4. The lowest BCUT2D eigenvalue weighted by molar-refractivity contribution is 0.406. The Morgan fingerprint density at radius 3 is 3.06 bits per heavy atom. The number of aromatic nitrogens is 1. The van der Waals surface area contributed by atoms with Crippen LogP contribution in [0.15, 0.2) is 12.3 Å². The van der Waals surface area contributed by atoms with Crippen LogP contribution < -0.4 is 15.0 Å². The molecule has 17 heavy (non-hydrogen) atoms. The van der Waals surface area contributed by atoms with E-state index in [9.17, 15) is 0 Å². The predicted octanol–water partition coefficient (Wildman–Crippen LogP) is 2.28. The first-order chi connectivity index (χ1) is 8.26. The minimum absolute atomic E-state index is 0.372. The van der Waals surface area contributed by atoms with Crippen LogP contribution in [-0.4, -0.2) is 31.9 Å². The maximum atomic E-state index is 5.94. The second kappa shape index (κ2) is 5.56. The van der Waals surface area contributed by atoms with E-state index in [-0.39, 0.29) is 0 Å². The maximum absolute atomic E-state index is 5.94. The van der Waals surface area contributed by atoms with E-state index >= 15 is 0 Å². The topological polar surface area (TPSA) is 37.4 Å². The number of pyridine rings is 1. The van der Waals surface area contributed by atoms with Crippen molar-refractivity contribution in [2.45, 2.75) is 25.4 Å². The van der Waals surface area contributed by atoms with E-state index < -0.39 is 0 Å². The van der Waals surface area contributed by atoms with Gasteiger partial charge in [0.2, 0.25) is 0 Å². The minimum atomic E-state index is 0.372. The third-order valence-electron chi connectivity index (χ3n) is 3.18. The summed E-state index contributed by atoms with van der Waals surface area (Å²) in [4.78, 5) is 6.48. The van der Waals surface area contributed by atoms with Crippen molar-refractivity contribution in [3.8, 4) is 5.75 Å². The van der Waals surface area contributed by atoms with Crippen molar-refractivity contribution in [3.05, 3.63) is 17.4 Å². The van der Waals surface area contributed by atoms with Crippen molar-refractivity contribution >= 4 is 17.3 Å².